The summed E-state index contributed by atoms with van der Waals surface area (Å²) < 4.78 is 0. The summed E-state index contributed by atoms with van der Waals surface area (Å²) >= 11 is 0. The van der Waals surface area contributed by atoms with Crippen LogP contribution in [0.15, 0.2) is 0 Å². The van der Waals surface area contributed by atoms with E-state index in [2.05, 4.69) is 72.5 Å². The van der Waals surface area contributed by atoms with Crippen LogP contribution in [0.1, 0.15) is 62.3 Å². The molecule has 0 aliphatic rings. The maximum Gasteiger partial charge on any atom is 0.0127 e. The van der Waals surface area contributed by atoms with Crippen LogP contribution < -0.4 is 5.32 Å². The summed E-state index contributed by atoms with van der Waals surface area (Å²) in [5.41, 5.74) is 0.547. The second kappa shape index (κ2) is 6.19. The summed E-state index contributed by atoms with van der Waals surface area (Å²) in [5, 5.41) is 3.55. The molecular weight excluding hydrogens is 208 g/mol. The van der Waals surface area contributed by atoms with E-state index in [0.29, 0.717) is 17.5 Å². The molecule has 0 aromatic carbocycles. The summed E-state index contributed by atoms with van der Waals surface area (Å²) in [6.07, 6.45) is 0. The largest absolute Gasteiger partial charge is 0.314 e. The van der Waals surface area contributed by atoms with E-state index < -0.39 is 0 Å². The van der Waals surface area contributed by atoms with Gasteiger partial charge in [0.2, 0.25) is 0 Å². The molecule has 0 radical (unpaired) electrons. The first-order valence-electron chi connectivity index (χ1n) is 6.96. The van der Waals surface area contributed by atoms with Gasteiger partial charge in [-0.15, -0.1) is 0 Å². The number of nitrogens with one attached hydrogen (secondary N) is 1. The maximum atomic E-state index is 3.55. The van der Waals surface area contributed by atoms with Crippen molar-refractivity contribution in [1.29, 1.82) is 0 Å². The topological polar surface area (TPSA) is 15.3 Å². The van der Waals surface area contributed by atoms with Gasteiger partial charge in [-0.1, -0.05) is 27.7 Å². The average molecular weight is 242 g/mol. The molecule has 0 saturated heterocycles. The second-order valence-electron chi connectivity index (χ2n) is 7.59. The molecular formula is C15H34N2. The average Bonchev–Trinajstić information content (AvgIpc) is 2.09. The quantitative estimate of drug-likeness (QED) is 0.766. The van der Waals surface area contributed by atoms with Gasteiger partial charge in [0, 0.05) is 30.7 Å². The Balaban J connectivity index is 4.53. The van der Waals surface area contributed by atoms with E-state index in [1.54, 1.807) is 0 Å². The Morgan fingerprint density at radius 2 is 1.41 bits per heavy atom. The van der Waals surface area contributed by atoms with Crippen LogP contribution in [0.25, 0.3) is 0 Å². The van der Waals surface area contributed by atoms with Crippen LogP contribution in [-0.4, -0.2) is 35.6 Å². The van der Waals surface area contributed by atoms with Crippen molar-refractivity contribution >= 4 is 0 Å². The predicted octanol–water partition coefficient (Wildman–Crippen LogP) is 3.52. The molecule has 0 unspecified atom stereocenters. The van der Waals surface area contributed by atoms with Gasteiger partial charge in [-0.2, -0.15) is 0 Å². The minimum Gasteiger partial charge on any atom is -0.314 e. The molecule has 0 aromatic rings. The third-order valence-corrected chi connectivity index (χ3v) is 3.07. The van der Waals surface area contributed by atoms with Crippen LogP contribution in [0.5, 0.6) is 0 Å². The van der Waals surface area contributed by atoms with Crippen molar-refractivity contribution < 1.29 is 0 Å². The van der Waals surface area contributed by atoms with Gasteiger partial charge < -0.3 is 5.32 Å². The van der Waals surface area contributed by atoms with Gasteiger partial charge >= 0.3 is 0 Å². The molecule has 0 spiro atoms. The standard InChI is InChI=1S/C15H34N2/c1-12(2)16-10-15(8,9)11-17(13(3)4)14(5,6)7/h12-13,16H,10-11H2,1-9H3. The van der Waals surface area contributed by atoms with Gasteiger partial charge in [-0.05, 0) is 40.0 Å². The summed E-state index contributed by atoms with van der Waals surface area (Å²) in [7, 11) is 0. The third kappa shape index (κ3) is 7.05. The van der Waals surface area contributed by atoms with Crippen LogP contribution in [0.3, 0.4) is 0 Å². The fraction of sp³-hybridized carbons (Fsp3) is 1.00. The second-order valence-corrected chi connectivity index (χ2v) is 7.59. The highest BCUT2D eigenvalue weighted by atomic mass is 15.2. The van der Waals surface area contributed by atoms with Gasteiger partial charge in [0.1, 0.15) is 0 Å². The van der Waals surface area contributed by atoms with Crippen molar-refractivity contribution in [2.24, 2.45) is 5.41 Å². The minimum absolute atomic E-state index is 0.239. The number of hydrogen-bond donors (Lipinski definition) is 1. The fourth-order valence-electron chi connectivity index (χ4n) is 2.19. The monoisotopic (exact) mass is 242 g/mol. The van der Waals surface area contributed by atoms with E-state index in [0.717, 1.165) is 13.1 Å². The number of nitrogens with zero attached hydrogens (tertiary/aromatic N) is 1. The number of rotatable bonds is 6. The van der Waals surface area contributed by atoms with Gasteiger partial charge in [-0.3, -0.25) is 4.90 Å². The molecule has 0 rings (SSSR count). The Labute approximate surface area is 109 Å². The van der Waals surface area contributed by atoms with Crippen LogP contribution in [0.2, 0.25) is 0 Å². The van der Waals surface area contributed by atoms with Crippen molar-refractivity contribution in [2.75, 3.05) is 13.1 Å². The maximum absolute atomic E-state index is 3.55. The zero-order valence-corrected chi connectivity index (χ0v) is 13.5. The van der Waals surface area contributed by atoms with E-state index in [1.807, 2.05) is 0 Å². The molecule has 2 heteroatoms. The Morgan fingerprint density at radius 3 is 1.71 bits per heavy atom. The molecule has 1 N–H and O–H groups in total. The molecule has 0 aliphatic heterocycles. The first-order chi connectivity index (χ1) is 7.46. The highest BCUT2D eigenvalue weighted by Crippen LogP contribution is 2.24. The van der Waals surface area contributed by atoms with Gasteiger partial charge in [0.25, 0.3) is 0 Å². The zero-order valence-electron chi connectivity index (χ0n) is 13.5. The molecule has 0 bridgehead atoms. The molecule has 0 aromatic heterocycles. The van der Waals surface area contributed by atoms with Crippen LogP contribution in [0.4, 0.5) is 0 Å². The molecule has 17 heavy (non-hydrogen) atoms. The SMILES string of the molecule is CC(C)NCC(C)(C)CN(C(C)C)C(C)(C)C. The van der Waals surface area contributed by atoms with E-state index in [4.69, 9.17) is 0 Å². The lowest BCUT2D eigenvalue weighted by atomic mass is 9.89. The Bertz CT molecular complexity index is 211. The van der Waals surface area contributed by atoms with Crippen LogP contribution >= 0.6 is 0 Å². The predicted molar refractivity (Wildman–Crippen MR) is 78.5 cm³/mol. The molecule has 2 nitrogen and oxygen atoms in total. The summed E-state index contributed by atoms with van der Waals surface area (Å²) in [6, 6.07) is 1.16. The summed E-state index contributed by atoms with van der Waals surface area (Å²) in [4.78, 5) is 2.59. The molecule has 104 valence electrons. The van der Waals surface area contributed by atoms with Crippen molar-refractivity contribution in [3.8, 4) is 0 Å². The molecule has 0 aliphatic carbocycles. The normalized spacial score (nSPS) is 14.1. The van der Waals surface area contributed by atoms with Crippen LogP contribution in [-0.2, 0) is 0 Å². The highest BCUT2D eigenvalue weighted by Gasteiger charge is 2.30. The minimum atomic E-state index is 0.239. The van der Waals surface area contributed by atoms with E-state index in [9.17, 15) is 0 Å². The molecule has 0 atom stereocenters. The van der Waals surface area contributed by atoms with Gasteiger partial charge in [0.15, 0.2) is 0 Å². The zero-order chi connectivity index (χ0) is 13.9. The summed E-state index contributed by atoms with van der Waals surface area (Å²) in [6.45, 7) is 22.8. The van der Waals surface area contributed by atoms with Crippen molar-refractivity contribution in [3.63, 3.8) is 0 Å². The lowest BCUT2D eigenvalue weighted by Gasteiger charge is -2.44. The van der Waals surface area contributed by atoms with Gasteiger partial charge in [0.05, 0.1) is 0 Å². The molecule has 0 saturated carbocycles. The highest BCUT2D eigenvalue weighted by molar-refractivity contribution is 4.85. The summed E-state index contributed by atoms with van der Waals surface area (Å²) in [5.74, 6) is 0. The number of hydrogen-bond acceptors (Lipinski definition) is 2. The lowest BCUT2D eigenvalue weighted by molar-refractivity contribution is 0.0534. The van der Waals surface area contributed by atoms with Crippen molar-refractivity contribution in [2.45, 2.75) is 79.9 Å². The Hall–Kier alpha value is -0.0800. The molecule has 0 heterocycles. The van der Waals surface area contributed by atoms with E-state index in [-0.39, 0.29) is 5.54 Å². The fourth-order valence-corrected chi connectivity index (χ4v) is 2.19. The van der Waals surface area contributed by atoms with E-state index >= 15 is 0 Å². The van der Waals surface area contributed by atoms with Crippen molar-refractivity contribution in [1.82, 2.24) is 10.2 Å². The molecule has 0 amide bonds. The first kappa shape index (κ1) is 16.9. The molecule has 0 fully saturated rings. The Morgan fingerprint density at radius 1 is 0.941 bits per heavy atom. The Kier molecular flexibility index (Phi) is 6.16. The van der Waals surface area contributed by atoms with Crippen LogP contribution in [0, 0.1) is 5.41 Å². The third-order valence-electron chi connectivity index (χ3n) is 3.07. The van der Waals surface area contributed by atoms with Crippen molar-refractivity contribution in [3.05, 3.63) is 0 Å². The van der Waals surface area contributed by atoms with E-state index in [1.165, 1.54) is 0 Å². The van der Waals surface area contributed by atoms with Gasteiger partial charge in [-0.25, -0.2) is 0 Å². The lowest BCUT2D eigenvalue weighted by Crippen LogP contribution is -2.52. The smallest absolute Gasteiger partial charge is 0.0127 e. The first-order valence-corrected chi connectivity index (χ1v) is 6.96.